The van der Waals surface area contributed by atoms with Crippen molar-refractivity contribution in [2.75, 3.05) is 13.7 Å². The Morgan fingerprint density at radius 2 is 1.90 bits per heavy atom. The molecule has 0 radical (unpaired) electrons. The lowest BCUT2D eigenvalue weighted by molar-refractivity contribution is 0.340. The maximum Gasteiger partial charge on any atom is 0.216 e. The van der Waals surface area contributed by atoms with E-state index in [2.05, 4.69) is 21.4 Å². The van der Waals surface area contributed by atoms with E-state index >= 15 is 0 Å². The van der Waals surface area contributed by atoms with Crippen molar-refractivity contribution in [3.63, 3.8) is 0 Å². The van der Waals surface area contributed by atoms with Gasteiger partial charge in [-0.05, 0) is 60.2 Å². The molecule has 4 aromatic rings. The minimum absolute atomic E-state index is 0.407. The molecule has 0 saturated heterocycles. The quantitative estimate of drug-likeness (QED) is 0.361. The molecule has 1 aromatic heterocycles. The van der Waals surface area contributed by atoms with Gasteiger partial charge in [-0.2, -0.15) is 14.9 Å². The number of aromatic nitrogens is 3. The first-order chi connectivity index (χ1) is 14.2. The van der Waals surface area contributed by atoms with Gasteiger partial charge in [0, 0.05) is 11.1 Å². The average Bonchev–Trinajstić information content (AvgIpc) is 3.13. The Balaban J connectivity index is 1.76. The molecule has 0 unspecified atom stereocenters. The van der Waals surface area contributed by atoms with Crippen molar-refractivity contribution < 1.29 is 9.47 Å². The third kappa shape index (κ3) is 3.77. The topological polar surface area (TPSA) is 64.4 Å². The molecule has 1 N–H and O–H groups in total. The molecule has 1 heterocycles. The molecule has 0 saturated carbocycles. The van der Waals surface area contributed by atoms with Gasteiger partial charge in [-0.3, -0.25) is 0 Å². The molecule has 29 heavy (non-hydrogen) atoms. The third-order valence-electron chi connectivity index (χ3n) is 4.53. The predicted molar refractivity (Wildman–Crippen MR) is 118 cm³/mol. The van der Waals surface area contributed by atoms with E-state index in [0.29, 0.717) is 17.2 Å². The number of nitrogens with zero attached hydrogens (tertiary/aromatic N) is 3. The number of methoxy groups -OCH3 is 1. The van der Waals surface area contributed by atoms with Crippen LogP contribution in [0.15, 0.2) is 65.8 Å². The summed E-state index contributed by atoms with van der Waals surface area (Å²) >= 11 is 5.39. The highest BCUT2D eigenvalue weighted by Crippen LogP contribution is 2.27. The fraction of sp³-hybridized carbons (Fsp3) is 0.136. The summed E-state index contributed by atoms with van der Waals surface area (Å²) in [5.74, 6) is 2.17. The van der Waals surface area contributed by atoms with Gasteiger partial charge in [0.25, 0.3) is 0 Å². The Bertz CT molecular complexity index is 1230. The maximum absolute atomic E-state index is 5.54. The highest BCUT2D eigenvalue weighted by Gasteiger charge is 2.10. The van der Waals surface area contributed by atoms with E-state index in [1.807, 2.05) is 61.5 Å². The molecule has 4 rings (SSSR count). The molecule has 0 bridgehead atoms. The van der Waals surface area contributed by atoms with Crippen molar-refractivity contribution in [1.29, 1.82) is 0 Å². The molecular weight excluding hydrogens is 384 g/mol. The monoisotopic (exact) mass is 404 g/mol. The van der Waals surface area contributed by atoms with Gasteiger partial charge in [-0.1, -0.05) is 30.3 Å². The fourth-order valence-electron chi connectivity index (χ4n) is 3.15. The van der Waals surface area contributed by atoms with Crippen molar-refractivity contribution in [2.45, 2.75) is 6.92 Å². The number of hydrogen-bond donors (Lipinski definition) is 1. The number of fused-ring (bicyclic) bond motifs is 1. The van der Waals surface area contributed by atoms with Crippen LogP contribution in [0.1, 0.15) is 12.5 Å². The summed E-state index contributed by atoms with van der Waals surface area (Å²) in [6.07, 6.45) is 1.75. The summed E-state index contributed by atoms with van der Waals surface area (Å²) < 4.78 is 13.1. The van der Waals surface area contributed by atoms with E-state index in [-0.39, 0.29) is 0 Å². The van der Waals surface area contributed by atoms with Gasteiger partial charge in [0.15, 0.2) is 5.82 Å². The molecular formula is C22H20N4O2S. The first-order valence-corrected chi connectivity index (χ1v) is 9.63. The Morgan fingerprint density at radius 3 is 2.66 bits per heavy atom. The lowest BCUT2D eigenvalue weighted by atomic mass is 10.0. The van der Waals surface area contributed by atoms with Crippen LogP contribution in [0.4, 0.5) is 0 Å². The molecule has 0 fully saturated rings. The zero-order valence-electron chi connectivity index (χ0n) is 16.1. The minimum atomic E-state index is 0.407. The van der Waals surface area contributed by atoms with Crippen LogP contribution in [0.25, 0.3) is 22.2 Å². The lowest BCUT2D eigenvalue weighted by Gasteiger charge is -2.08. The van der Waals surface area contributed by atoms with E-state index in [9.17, 15) is 0 Å². The van der Waals surface area contributed by atoms with Crippen LogP contribution in [-0.2, 0) is 0 Å². The van der Waals surface area contributed by atoms with Gasteiger partial charge < -0.3 is 9.47 Å². The third-order valence-corrected chi connectivity index (χ3v) is 4.79. The second-order valence-corrected chi connectivity index (χ2v) is 6.66. The standard InChI is InChI=1S/C22H20N4O2S/c1-3-28-17-11-8-16(9-12-17)21-24-25-22(29)26(21)23-14-19-18-7-5-4-6-15(18)10-13-20(19)27-2/h4-14H,3H2,1-2H3,(H,25,29)/b23-14-. The second-order valence-electron chi connectivity index (χ2n) is 6.27. The molecule has 0 aliphatic carbocycles. The van der Waals surface area contributed by atoms with Crippen LogP contribution in [0.5, 0.6) is 11.5 Å². The van der Waals surface area contributed by atoms with Crippen molar-refractivity contribution in [3.8, 4) is 22.9 Å². The van der Waals surface area contributed by atoms with E-state index < -0.39 is 0 Å². The van der Waals surface area contributed by atoms with Crippen LogP contribution in [-0.4, -0.2) is 34.8 Å². The fourth-order valence-corrected chi connectivity index (χ4v) is 3.33. The summed E-state index contributed by atoms with van der Waals surface area (Å²) in [4.78, 5) is 0. The van der Waals surface area contributed by atoms with Crippen LogP contribution < -0.4 is 9.47 Å². The smallest absolute Gasteiger partial charge is 0.216 e. The van der Waals surface area contributed by atoms with E-state index in [1.54, 1.807) is 18.0 Å². The maximum atomic E-state index is 5.54. The first kappa shape index (κ1) is 18.9. The number of H-pyrrole nitrogens is 1. The molecule has 6 nitrogen and oxygen atoms in total. The Morgan fingerprint density at radius 1 is 1.10 bits per heavy atom. The van der Waals surface area contributed by atoms with Crippen LogP contribution in [0, 0.1) is 4.77 Å². The molecule has 3 aromatic carbocycles. The molecule has 0 spiro atoms. The zero-order valence-corrected chi connectivity index (χ0v) is 16.9. The molecule has 0 atom stereocenters. The molecule has 0 aliphatic heterocycles. The van der Waals surface area contributed by atoms with Crippen LogP contribution in [0.3, 0.4) is 0 Å². The Hall–Kier alpha value is -3.45. The average molecular weight is 404 g/mol. The van der Waals surface area contributed by atoms with Gasteiger partial charge >= 0.3 is 0 Å². The van der Waals surface area contributed by atoms with Crippen molar-refractivity contribution in [1.82, 2.24) is 14.9 Å². The van der Waals surface area contributed by atoms with Crippen LogP contribution in [0.2, 0.25) is 0 Å². The van der Waals surface area contributed by atoms with Crippen molar-refractivity contribution >= 4 is 29.2 Å². The minimum Gasteiger partial charge on any atom is -0.496 e. The predicted octanol–water partition coefficient (Wildman–Crippen LogP) is 5.05. The number of nitrogens with one attached hydrogen (secondary N) is 1. The highest BCUT2D eigenvalue weighted by atomic mass is 32.1. The normalized spacial score (nSPS) is 11.2. The summed E-state index contributed by atoms with van der Waals surface area (Å²) in [5.41, 5.74) is 1.76. The molecule has 146 valence electrons. The number of aromatic amines is 1. The van der Waals surface area contributed by atoms with Crippen LogP contribution >= 0.6 is 12.2 Å². The second kappa shape index (κ2) is 8.28. The first-order valence-electron chi connectivity index (χ1n) is 9.22. The number of benzene rings is 3. The van der Waals surface area contributed by atoms with E-state index in [4.69, 9.17) is 21.7 Å². The van der Waals surface area contributed by atoms with Gasteiger partial charge in [0.1, 0.15) is 11.5 Å². The molecule has 0 amide bonds. The van der Waals surface area contributed by atoms with Crippen molar-refractivity contribution in [3.05, 3.63) is 71.0 Å². The summed E-state index contributed by atoms with van der Waals surface area (Å²) in [7, 11) is 1.65. The molecule has 7 heteroatoms. The largest absolute Gasteiger partial charge is 0.496 e. The Kier molecular flexibility index (Phi) is 5.39. The summed E-state index contributed by atoms with van der Waals surface area (Å²) in [5, 5.41) is 13.9. The van der Waals surface area contributed by atoms with Gasteiger partial charge in [0.05, 0.1) is 19.9 Å². The zero-order chi connectivity index (χ0) is 20.2. The Labute approximate surface area is 173 Å². The SMILES string of the molecule is CCOc1ccc(-c2n[nH]c(=S)n2/N=C\c2c(OC)ccc3ccccc23)cc1. The van der Waals surface area contributed by atoms with Gasteiger partial charge in [-0.15, -0.1) is 0 Å². The highest BCUT2D eigenvalue weighted by molar-refractivity contribution is 7.71. The summed E-state index contributed by atoms with van der Waals surface area (Å²) in [6, 6.07) is 19.7. The van der Waals surface area contributed by atoms with E-state index in [1.165, 1.54) is 0 Å². The van der Waals surface area contributed by atoms with Crippen molar-refractivity contribution in [2.24, 2.45) is 5.10 Å². The number of rotatable bonds is 6. The van der Waals surface area contributed by atoms with E-state index in [0.717, 1.165) is 33.4 Å². The molecule has 0 aliphatic rings. The lowest BCUT2D eigenvalue weighted by Crippen LogP contribution is -1.98. The number of hydrogen-bond acceptors (Lipinski definition) is 5. The number of ether oxygens (including phenoxy) is 2. The summed E-state index contributed by atoms with van der Waals surface area (Å²) in [6.45, 7) is 2.57. The van der Waals surface area contributed by atoms with Gasteiger partial charge in [-0.25, -0.2) is 5.10 Å². The van der Waals surface area contributed by atoms with Gasteiger partial charge in [0.2, 0.25) is 4.77 Å².